The SMILES string of the molecule is CCC(C(=O)OC)n1nncc1C(=O)O. The molecule has 7 heteroatoms. The maximum atomic E-state index is 11.3. The van der Waals surface area contributed by atoms with Gasteiger partial charge in [-0.15, -0.1) is 5.10 Å². The fraction of sp³-hybridized carbons (Fsp3) is 0.500. The van der Waals surface area contributed by atoms with Crippen LogP contribution in [0.5, 0.6) is 0 Å². The van der Waals surface area contributed by atoms with Crippen molar-refractivity contribution in [3.05, 3.63) is 11.9 Å². The van der Waals surface area contributed by atoms with Gasteiger partial charge in [0, 0.05) is 0 Å². The number of methoxy groups -OCH3 is 1. The number of ether oxygens (including phenoxy) is 1. The Balaban J connectivity index is 3.07. The molecule has 0 saturated heterocycles. The van der Waals surface area contributed by atoms with Crippen LogP contribution in [0.2, 0.25) is 0 Å². The molecule has 0 radical (unpaired) electrons. The Bertz CT molecular complexity index is 374. The van der Waals surface area contributed by atoms with E-state index in [4.69, 9.17) is 5.11 Å². The predicted octanol–water partition coefficient (Wildman–Crippen LogP) is 0.100. The minimum absolute atomic E-state index is 0.132. The van der Waals surface area contributed by atoms with Crippen LogP contribution in [0, 0.1) is 0 Å². The number of carbonyl (C=O) groups excluding carboxylic acids is 1. The minimum atomic E-state index is -1.18. The van der Waals surface area contributed by atoms with Gasteiger partial charge in [0.25, 0.3) is 0 Å². The zero-order valence-electron chi connectivity index (χ0n) is 8.38. The molecule has 0 aliphatic heterocycles. The largest absolute Gasteiger partial charge is 0.476 e. The van der Waals surface area contributed by atoms with E-state index < -0.39 is 18.0 Å². The van der Waals surface area contributed by atoms with Gasteiger partial charge in [0.15, 0.2) is 11.7 Å². The molecule has 1 aromatic heterocycles. The van der Waals surface area contributed by atoms with Gasteiger partial charge in [0.1, 0.15) is 0 Å². The first-order valence-corrected chi connectivity index (χ1v) is 4.33. The first kappa shape index (κ1) is 11.2. The van der Waals surface area contributed by atoms with Crippen LogP contribution in [-0.4, -0.2) is 39.1 Å². The summed E-state index contributed by atoms with van der Waals surface area (Å²) in [5.74, 6) is -1.71. The number of carboxylic acid groups (broad SMARTS) is 1. The zero-order valence-corrected chi connectivity index (χ0v) is 8.38. The molecule has 1 atom stereocenters. The lowest BCUT2D eigenvalue weighted by molar-refractivity contribution is -0.145. The summed E-state index contributed by atoms with van der Waals surface area (Å²) >= 11 is 0. The van der Waals surface area contributed by atoms with Gasteiger partial charge in [-0.2, -0.15) is 0 Å². The monoisotopic (exact) mass is 213 g/mol. The average molecular weight is 213 g/mol. The third kappa shape index (κ3) is 2.12. The third-order valence-electron chi connectivity index (χ3n) is 1.95. The highest BCUT2D eigenvalue weighted by Crippen LogP contribution is 2.13. The molecular formula is C8H11N3O4. The maximum Gasteiger partial charge on any atom is 0.355 e. The van der Waals surface area contributed by atoms with Crippen LogP contribution >= 0.6 is 0 Å². The quantitative estimate of drug-likeness (QED) is 0.713. The summed E-state index contributed by atoms with van der Waals surface area (Å²) in [5.41, 5.74) is -0.132. The summed E-state index contributed by atoms with van der Waals surface area (Å²) in [6.07, 6.45) is 1.48. The van der Waals surface area contributed by atoms with Crippen LogP contribution in [0.3, 0.4) is 0 Å². The second-order valence-electron chi connectivity index (χ2n) is 2.82. The van der Waals surface area contributed by atoms with Crippen molar-refractivity contribution in [2.45, 2.75) is 19.4 Å². The summed E-state index contributed by atoms with van der Waals surface area (Å²) in [4.78, 5) is 22.1. The van der Waals surface area contributed by atoms with Crippen molar-refractivity contribution in [1.82, 2.24) is 15.0 Å². The molecule has 82 valence electrons. The van der Waals surface area contributed by atoms with Gasteiger partial charge in [0.05, 0.1) is 13.3 Å². The van der Waals surface area contributed by atoms with Crippen molar-refractivity contribution in [2.24, 2.45) is 0 Å². The Morgan fingerprint density at radius 1 is 1.67 bits per heavy atom. The van der Waals surface area contributed by atoms with Gasteiger partial charge >= 0.3 is 11.9 Å². The third-order valence-corrected chi connectivity index (χ3v) is 1.95. The standard InChI is InChI=1S/C8H11N3O4/c1-3-5(8(14)15-2)11-6(7(12)13)4-9-10-11/h4-5H,3H2,1-2H3,(H,12,13). The molecule has 0 spiro atoms. The molecule has 0 aliphatic rings. The molecule has 0 saturated carbocycles. The first-order valence-electron chi connectivity index (χ1n) is 4.33. The summed E-state index contributed by atoms with van der Waals surface area (Å²) in [6.45, 7) is 1.73. The molecular weight excluding hydrogens is 202 g/mol. The minimum Gasteiger partial charge on any atom is -0.476 e. The van der Waals surface area contributed by atoms with Gasteiger partial charge in [-0.25, -0.2) is 14.3 Å². The number of aromatic nitrogens is 3. The van der Waals surface area contributed by atoms with Crippen LogP contribution in [-0.2, 0) is 9.53 Å². The Morgan fingerprint density at radius 2 is 2.33 bits per heavy atom. The van der Waals surface area contributed by atoms with E-state index in [1.165, 1.54) is 7.11 Å². The maximum absolute atomic E-state index is 11.3. The zero-order chi connectivity index (χ0) is 11.4. The second kappa shape index (κ2) is 4.54. The Morgan fingerprint density at radius 3 is 2.80 bits per heavy atom. The highest BCUT2D eigenvalue weighted by atomic mass is 16.5. The van der Waals surface area contributed by atoms with Gasteiger partial charge in [-0.3, -0.25) is 0 Å². The first-order chi connectivity index (χ1) is 7.11. The number of hydrogen-bond acceptors (Lipinski definition) is 5. The lowest BCUT2D eigenvalue weighted by Crippen LogP contribution is -2.24. The lowest BCUT2D eigenvalue weighted by Gasteiger charge is -2.13. The van der Waals surface area contributed by atoms with Crippen molar-refractivity contribution in [3.8, 4) is 0 Å². The number of rotatable bonds is 4. The van der Waals surface area contributed by atoms with E-state index in [0.717, 1.165) is 10.9 Å². The number of carbonyl (C=O) groups is 2. The van der Waals surface area contributed by atoms with Crippen LogP contribution in [0.1, 0.15) is 29.9 Å². The molecule has 1 rings (SSSR count). The molecule has 0 aliphatic carbocycles. The number of hydrogen-bond donors (Lipinski definition) is 1. The molecule has 0 bridgehead atoms. The summed E-state index contributed by atoms with van der Waals surface area (Å²) in [5, 5.41) is 15.8. The van der Waals surface area contributed by atoms with E-state index in [1.807, 2.05) is 0 Å². The van der Waals surface area contributed by atoms with Gasteiger partial charge < -0.3 is 9.84 Å². The van der Waals surface area contributed by atoms with E-state index in [1.54, 1.807) is 6.92 Å². The molecule has 0 amide bonds. The van der Waals surface area contributed by atoms with Gasteiger partial charge in [-0.1, -0.05) is 12.1 Å². The Kier molecular flexibility index (Phi) is 3.37. The molecule has 1 N–H and O–H groups in total. The van der Waals surface area contributed by atoms with E-state index in [2.05, 4.69) is 15.0 Å². The van der Waals surface area contributed by atoms with Gasteiger partial charge in [-0.05, 0) is 6.42 Å². The number of aromatic carboxylic acids is 1. The molecule has 1 heterocycles. The molecule has 1 unspecified atom stereocenters. The summed E-state index contributed by atoms with van der Waals surface area (Å²) in [7, 11) is 1.24. The molecule has 0 aromatic carbocycles. The molecule has 7 nitrogen and oxygen atoms in total. The highest BCUT2D eigenvalue weighted by molar-refractivity contribution is 5.86. The van der Waals surface area contributed by atoms with Crippen LogP contribution < -0.4 is 0 Å². The molecule has 15 heavy (non-hydrogen) atoms. The average Bonchev–Trinajstić information content (AvgIpc) is 2.67. The number of nitrogens with zero attached hydrogens (tertiary/aromatic N) is 3. The summed E-state index contributed by atoms with van der Waals surface area (Å²) in [6, 6.07) is -0.747. The van der Waals surface area contributed by atoms with Crippen molar-refractivity contribution in [1.29, 1.82) is 0 Å². The lowest BCUT2D eigenvalue weighted by atomic mass is 10.2. The van der Waals surface area contributed by atoms with E-state index in [0.29, 0.717) is 6.42 Å². The molecule has 1 aromatic rings. The Hall–Kier alpha value is -1.92. The van der Waals surface area contributed by atoms with Crippen LogP contribution in [0.25, 0.3) is 0 Å². The fourth-order valence-electron chi connectivity index (χ4n) is 1.20. The fourth-order valence-corrected chi connectivity index (χ4v) is 1.20. The highest BCUT2D eigenvalue weighted by Gasteiger charge is 2.25. The van der Waals surface area contributed by atoms with Crippen LogP contribution in [0.4, 0.5) is 0 Å². The van der Waals surface area contributed by atoms with Crippen molar-refractivity contribution in [3.63, 3.8) is 0 Å². The topological polar surface area (TPSA) is 94.3 Å². The summed E-state index contributed by atoms with van der Waals surface area (Å²) < 4.78 is 5.59. The Labute approximate surface area is 85.6 Å². The number of carboxylic acids is 1. The van der Waals surface area contributed by atoms with E-state index in [9.17, 15) is 9.59 Å². The number of esters is 1. The van der Waals surface area contributed by atoms with E-state index >= 15 is 0 Å². The predicted molar refractivity (Wildman–Crippen MR) is 48.3 cm³/mol. The van der Waals surface area contributed by atoms with Gasteiger partial charge in [0.2, 0.25) is 0 Å². The van der Waals surface area contributed by atoms with Crippen molar-refractivity contribution < 1.29 is 19.4 Å². The van der Waals surface area contributed by atoms with Crippen molar-refractivity contribution >= 4 is 11.9 Å². The van der Waals surface area contributed by atoms with Crippen LogP contribution in [0.15, 0.2) is 6.20 Å². The smallest absolute Gasteiger partial charge is 0.355 e. The normalized spacial score (nSPS) is 12.1. The van der Waals surface area contributed by atoms with E-state index in [-0.39, 0.29) is 5.69 Å². The van der Waals surface area contributed by atoms with Crippen molar-refractivity contribution in [2.75, 3.05) is 7.11 Å². The molecule has 0 fully saturated rings. The second-order valence-corrected chi connectivity index (χ2v) is 2.82.